The van der Waals surface area contributed by atoms with E-state index in [0.29, 0.717) is 12.6 Å². The van der Waals surface area contributed by atoms with Crippen LogP contribution in [0.4, 0.5) is 4.39 Å². The largest absolute Gasteiger partial charge is 0.312 e. The van der Waals surface area contributed by atoms with E-state index >= 15 is 0 Å². The number of hydrogen-bond donors (Lipinski definition) is 1. The fourth-order valence-electron chi connectivity index (χ4n) is 0.398. The molecule has 0 spiro atoms. The number of nitrogens with one attached hydrogen (secondary N) is 1. The first-order valence-electron chi connectivity index (χ1n) is 3.00. The van der Waals surface area contributed by atoms with Crippen LogP contribution in [0, 0.1) is 0 Å². The highest BCUT2D eigenvalue weighted by molar-refractivity contribution is 4.56. The van der Waals surface area contributed by atoms with Gasteiger partial charge < -0.3 is 5.32 Å². The minimum Gasteiger partial charge on any atom is -0.312 e. The number of rotatable bonds is 3. The molecular formula is C6H14FN. The molecule has 0 amide bonds. The second-order valence-electron chi connectivity index (χ2n) is 2.34. The van der Waals surface area contributed by atoms with Gasteiger partial charge in [0.2, 0.25) is 0 Å². The summed E-state index contributed by atoms with van der Waals surface area (Å²) in [5.74, 6) is 0. The van der Waals surface area contributed by atoms with Crippen molar-refractivity contribution in [2.24, 2.45) is 0 Å². The normalized spacial score (nSPS) is 14.6. The van der Waals surface area contributed by atoms with Crippen molar-refractivity contribution in [3.63, 3.8) is 0 Å². The number of alkyl halides is 1. The SMILES string of the molecule is CC(C)NC[C@@H](C)F. The van der Waals surface area contributed by atoms with Gasteiger partial charge in [-0.15, -0.1) is 0 Å². The molecule has 0 aliphatic heterocycles. The van der Waals surface area contributed by atoms with E-state index in [9.17, 15) is 4.39 Å². The molecule has 50 valence electrons. The smallest absolute Gasteiger partial charge is 0.110 e. The Morgan fingerprint density at radius 2 is 1.88 bits per heavy atom. The second-order valence-corrected chi connectivity index (χ2v) is 2.34. The summed E-state index contributed by atoms with van der Waals surface area (Å²) in [4.78, 5) is 0. The Labute approximate surface area is 50.3 Å². The zero-order valence-corrected chi connectivity index (χ0v) is 5.74. The van der Waals surface area contributed by atoms with Gasteiger partial charge in [-0.05, 0) is 6.92 Å². The molecule has 0 unspecified atom stereocenters. The molecule has 1 N–H and O–H groups in total. The lowest BCUT2D eigenvalue weighted by Crippen LogP contribution is -2.28. The van der Waals surface area contributed by atoms with E-state index in [2.05, 4.69) is 5.32 Å². The molecule has 0 aliphatic carbocycles. The molecule has 0 bridgehead atoms. The van der Waals surface area contributed by atoms with E-state index in [4.69, 9.17) is 0 Å². The van der Waals surface area contributed by atoms with Gasteiger partial charge in [-0.1, -0.05) is 13.8 Å². The van der Waals surface area contributed by atoms with Crippen LogP contribution >= 0.6 is 0 Å². The Morgan fingerprint density at radius 3 is 2.00 bits per heavy atom. The van der Waals surface area contributed by atoms with Crippen LogP contribution in [0.25, 0.3) is 0 Å². The van der Waals surface area contributed by atoms with Crippen molar-refractivity contribution in [3.8, 4) is 0 Å². The van der Waals surface area contributed by atoms with E-state index < -0.39 is 6.17 Å². The van der Waals surface area contributed by atoms with Crippen molar-refractivity contribution in [2.45, 2.75) is 33.0 Å². The lowest BCUT2D eigenvalue weighted by Gasteiger charge is -2.07. The summed E-state index contributed by atoms with van der Waals surface area (Å²) in [5.41, 5.74) is 0. The van der Waals surface area contributed by atoms with Gasteiger partial charge in [0.1, 0.15) is 6.17 Å². The van der Waals surface area contributed by atoms with Crippen LogP contribution in [0.1, 0.15) is 20.8 Å². The summed E-state index contributed by atoms with van der Waals surface area (Å²) in [6.45, 7) is 6.03. The van der Waals surface area contributed by atoms with Gasteiger partial charge in [0.15, 0.2) is 0 Å². The summed E-state index contributed by atoms with van der Waals surface area (Å²) in [7, 11) is 0. The zero-order chi connectivity index (χ0) is 6.57. The predicted octanol–water partition coefficient (Wildman–Crippen LogP) is 1.34. The molecule has 0 aromatic rings. The van der Waals surface area contributed by atoms with Crippen molar-refractivity contribution in [3.05, 3.63) is 0 Å². The molecular weight excluding hydrogens is 105 g/mol. The maximum atomic E-state index is 12.0. The third kappa shape index (κ3) is 5.89. The first-order chi connectivity index (χ1) is 3.63. The molecule has 0 heterocycles. The van der Waals surface area contributed by atoms with Crippen LogP contribution in [0.2, 0.25) is 0 Å². The molecule has 0 aromatic carbocycles. The monoisotopic (exact) mass is 119 g/mol. The number of halogens is 1. The van der Waals surface area contributed by atoms with Crippen LogP contribution in [0.3, 0.4) is 0 Å². The Kier molecular flexibility index (Phi) is 3.79. The first kappa shape index (κ1) is 7.89. The van der Waals surface area contributed by atoms with Crippen LogP contribution in [-0.2, 0) is 0 Å². The first-order valence-corrected chi connectivity index (χ1v) is 3.00. The Morgan fingerprint density at radius 1 is 1.38 bits per heavy atom. The predicted molar refractivity (Wildman–Crippen MR) is 33.7 cm³/mol. The highest BCUT2D eigenvalue weighted by atomic mass is 19.1. The fraction of sp³-hybridized carbons (Fsp3) is 1.00. The van der Waals surface area contributed by atoms with Gasteiger partial charge in [0.25, 0.3) is 0 Å². The molecule has 8 heavy (non-hydrogen) atoms. The quantitative estimate of drug-likeness (QED) is 0.591. The highest BCUT2D eigenvalue weighted by Crippen LogP contribution is 1.85. The van der Waals surface area contributed by atoms with Gasteiger partial charge in [-0.3, -0.25) is 0 Å². The molecule has 0 aromatic heterocycles. The summed E-state index contributed by atoms with van der Waals surface area (Å²) in [6, 6.07) is 0.396. The fourth-order valence-corrected chi connectivity index (χ4v) is 0.398. The van der Waals surface area contributed by atoms with Crippen molar-refractivity contribution in [1.82, 2.24) is 5.32 Å². The van der Waals surface area contributed by atoms with Gasteiger partial charge in [-0.2, -0.15) is 0 Å². The second kappa shape index (κ2) is 3.84. The van der Waals surface area contributed by atoms with Gasteiger partial charge in [0.05, 0.1) is 0 Å². The average Bonchev–Trinajstić information content (AvgIpc) is 1.61. The maximum absolute atomic E-state index is 12.0. The van der Waals surface area contributed by atoms with Crippen LogP contribution in [0.5, 0.6) is 0 Å². The molecule has 0 radical (unpaired) electrons. The molecule has 0 saturated heterocycles. The molecule has 1 nitrogen and oxygen atoms in total. The number of hydrogen-bond acceptors (Lipinski definition) is 1. The van der Waals surface area contributed by atoms with Crippen molar-refractivity contribution < 1.29 is 4.39 Å². The maximum Gasteiger partial charge on any atom is 0.110 e. The van der Waals surface area contributed by atoms with Gasteiger partial charge in [0, 0.05) is 12.6 Å². The van der Waals surface area contributed by atoms with E-state index in [1.807, 2.05) is 13.8 Å². The summed E-state index contributed by atoms with van der Waals surface area (Å²) in [5, 5.41) is 2.97. The minimum absolute atomic E-state index is 0.396. The zero-order valence-electron chi connectivity index (χ0n) is 5.74. The average molecular weight is 119 g/mol. The van der Waals surface area contributed by atoms with Crippen molar-refractivity contribution >= 4 is 0 Å². The Bertz CT molecular complexity index is 44.5. The Balaban J connectivity index is 2.93. The third-order valence-electron chi connectivity index (χ3n) is 0.807. The lowest BCUT2D eigenvalue weighted by atomic mass is 10.3. The molecule has 0 fully saturated rings. The van der Waals surface area contributed by atoms with Crippen molar-refractivity contribution in [2.75, 3.05) is 6.54 Å². The van der Waals surface area contributed by atoms with Crippen LogP contribution in [0.15, 0.2) is 0 Å². The van der Waals surface area contributed by atoms with Crippen LogP contribution in [-0.4, -0.2) is 18.8 Å². The molecule has 2 heteroatoms. The van der Waals surface area contributed by atoms with E-state index in [1.165, 1.54) is 0 Å². The summed E-state index contributed by atoms with van der Waals surface area (Å²) < 4.78 is 12.0. The molecule has 0 saturated carbocycles. The van der Waals surface area contributed by atoms with E-state index in [1.54, 1.807) is 6.92 Å². The minimum atomic E-state index is -0.725. The van der Waals surface area contributed by atoms with Crippen molar-refractivity contribution in [1.29, 1.82) is 0 Å². The third-order valence-corrected chi connectivity index (χ3v) is 0.807. The highest BCUT2D eigenvalue weighted by Gasteiger charge is 1.96. The molecule has 0 rings (SSSR count). The topological polar surface area (TPSA) is 12.0 Å². The molecule has 1 atom stereocenters. The van der Waals surface area contributed by atoms with E-state index in [0.717, 1.165) is 0 Å². The Hall–Kier alpha value is -0.110. The standard InChI is InChI=1S/C6H14FN/c1-5(2)8-4-6(3)7/h5-6,8H,4H2,1-3H3/t6-/m1/s1. The van der Waals surface area contributed by atoms with Gasteiger partial charge in [-0.25, -0.2) is 4.39 Å². The molecule has 0 aliphatic rings. The van der Waals surface area contributed by atoms with E-state index in [-0.39, 0.29) is 0 Å². The summed E-state index contributed by atoms with van der Waals surface area (Å²) >= 11 is 0. The van der Waals surface area contributed by atoms with Crippen LogP contribution < -0.4 is 5.32 Å². The lowest BCUT2D eigenvalue weighted by molar-refractivity contribution is 0.335. The summed E-state index contributed by atoms with van der Waals surface area (Å²) in [6.07, 6.45) is -0.725. The van der Waals surface area contributed by atoms with Gasteiger partial charge >= 0.3 is 0 Å².